The molecule has 0 aromatic heterocycles. The van der Waals surface area contributed by atoms with E-state index in [1.807, 2.05) is 0 Å². The van der Waals surface area contributed by atoms with Crippen LogP contribution in [0.2, 0.25) is 0 Å². The van der Waals surface area contributed by atoms with E-state index in [1.54, 1.807) is 0 Å². The Balaban J connectivity index is 4.53. The van der Waals surface area contributed by atoms with Gasteiger partial charge in [-0.2, -0.15) is 0 Å². The van der Waals surface area contributed by atoms with E-state index in [4.69, 9.17) is 4.74 Å². The summed E-state index contributed by atoms with van der Waals surface area (Å²) < 4.78 is 5.96. The zero-order valence-corrected chi connectivity index (χ0v) is 43.9. The van der Waals surface area contributed by atoms with Gasteiger partial charge >= 0.3 is 5.97 Å². The Hall–Kier alpha value is -1.66. The monoisotopic (exact) mass is 916 g/mol. The van der Waals surface area contributed by atoms with Crippen molar-refractivity contribution < 1.29 is 24.5 Å². The molecule has 0 spiro atoms. The van der Waals surface area contributed by atoms with E-state index >= 15 is 0 Å². The Morgan fingerprint density at radius 3 is 1.14 bits per heavy atom. The first-order valence-corrected chi connectivity index (χ1v) is 29.1. The average molecular weight is 917 g/mol. The Morgan fingerprint density at radius 2 is 0.769 bits per heavy atom. The fourth-order valence-corrected chi connectivity index (χ4v) is 9.13. The third kappa shape index (κ3) is 48.6. The van der Waals surface area contributed by atoms with Crippen LogP contribution in [0.15, 0.2) is 24.3 Å². The lowest BCUT2D eigenvalue weighted by Gasteiger charge is -2.24. The van der Waals surface area contributed by atoms with E-state index in [0.717, 1.165) is 51.4 Å². The molecule has 3 N–H and O–H groups in total. The minimum Gasteiger partial charge on any atom is -0.462 e. The van der Waals surface area contributed by atoms with Crippen molar-refractivity contribution in [1.82, 2.24) is 5.32 Å². The van der Waals surface area contributed by atoms with Crippen LogP contribution in [0.3, 0.4) is 0 Å². The molecular weight excluding hydrogens is 803 g/mol. The molecule has 0 bridgehead atoms. The van der Waals surface area contributed by atoms with Gasteiger partial charge in [-0.1, -0.05) is 276 Å². The van der Waals surface area contributed by atoms with Gasteiger partial charge in [-0.25, -0.2) is 0 Å². The van der Waals surface area contributed by atoms with Gasteiger partial charge in [-0.05, 0) is 51.4 Å². The van der Waals surface area contributed by atoms with E-state index in [1.165, 1.54) is 218 Å². The number of allylic oxidation sites excluding steroid dienone is 4. The number of amides is 1. The molecule has 0 saturated heterocycles. The molecule has 6 heteroatoms. The van der Waals surface area contributed by atoms with Crippen molar-refractivity contribution in [1.29, 1.82) is 0 Å². The van der Waals surface area contributed by atoms with Gasteiger partial charge in [0.2, 0.25) is 5.91 Å². The standard InChI is InChI=1S/C59H113NO5/c1-4-7-10-13-16-19-22-25-28-29-30-31-34-37-40-43-46-49-52-59(64)65-55(50-47-44-41-38-35-32-26-23-20-17-14-11-8-5-2)53-58(63)60-56(54-61)57(62)51-48-45-42-39-36-33-27-24-21-18-15-12-9-6-3/h28-31,55-57,61-62H,4-27,32-54H2,1-3H3,(H,60,63)/b29-28+,31-30+. The Kier molecular flexibility index (Phi) is 51.9. The van der Waals surface area contributed by atoms with Gasteiger partial charge in [-0.3, -0.25) is 9.59 Å². The van der Waals surface area contributed by atoms with E-state index in [2.05, 4.69) is 50.4 Å². The maximum atomic E-state index is 13.3. The SMILES string of the molecule is CCCCCCCCC/C=C/C=C/CCCCCCCC(=O)OC(CCCCCCCCCCCCCCCC)CC(=O)NC(CO)C(O)CCCCCCCCCCCCCCCC. The van der Waals surface area contributed by atoms with Crippen molar-refractivity contribution >= 4 is 11.9 Å². The van der Waals surface area contributed by atoms with E-state index in [-0.39, 0.29) is 24.9 Å². The number of aliphatic hydroxyl groups is 2. The number of esters is 1. The molecule has 0 aromatic rings. The van der Waals surface area contributed by atoms with Gasteiger partial charge < -0.3 is 20.3 Å². The number of nitrogens with one attached hydrogen (secondary N) is 1. The first-order valence-electron chi connectivity index (χ1n) is 29.1. The van der Waals surface area contributed by atoms with Crippen LogP contribution < -0.4 is 5.32 Å². The summed E-state index contributed by atoms with van der Waals surface area (Å²) in [4.78, 5) is 26.3. The molecule has 384 valence electrons. The number of ether oxygens (including phenoxy) is 1. The van der Waals surface area contributed by atoms with Crippen LogP contribution in [0.1, 0.15) is 316 Å². The number of hydrogen-bond donors (Lipinski definition) is 3. The third-order valence-corrected chi connectivity index (χ3v) is 13.6. The average Bonchev–Trinajstić information content (AvgIpc) is 3.30. The quantitative estimate of drug-likeness (QED) is 0.0321. The highest BCUT2D eigenvalue weighted by atomic mass is 16.5. The maximum Gasteiger partial charge on any atom is 0.306 e. The zero-order chi connectivity index (χ0) is 47.4. The molecule has 0 aromatic carbocycles. The summed E-state index contributed by atoms with van der Waals surface area (Å²) in [6.45, 7) is 6.51. The molecule has 0 saturated carbocycles. The summed E-state index contributed by atoms with van der Waals surface area (Å²) in [5.74, 6) is -0.471. The summed E-state index contributed by atoms with van der Waals surface area (Å²) in [7, 11) is 0. The number of unbranched alkanes of at least 4 members (excludes halogenated alkanes) is 38. The fourth-order valence-electron chi connectivity index (χ4n) is 9.13. The Bertz CT molecular complexity index is 1030. The molecule has 6 nitrogen and oxygen atoms in total. The van der Waals surface area contributed by atoms with Crippen LogP contribution in [0.25, 0.3) is 0 Å². The molecule has 3 atom stereocenters. The van der Waals surface area contributed by atoms with Crippen LogP contribution in [-0.2, 0) is 14.3 Å². The van der Waals surface area contributed by atoms with Crippen molar-refractivity contribution in [3.05, 3.63) is 24.3 Å². The van der Waals surface area contributed by atoms with Gasteiger partial charge in [-0.15, -0.1) is 0 Å². The molecule has 0 radical (unpaired) electrons. The molecule has 0 rings (SSSR count). The molecule has 0 aliphatic heterocycles. The van der Waals surface area contributed by atoms with Gasteiger partial charge in [0.15, 0.2) is 0 Å². The van der Waals surface area contributed by atoms with Crippen LogP contribution in [0.4, 0.5) is 0 Å². The Labute approximate surface area is 405 Å². The molecule has 0 heterocycles. The maximum absolute atomic E-state index is 13.3. The second-order valence-corrected chi connectivity index (χ2v) is 20.1. The third-order valence-electron chi connectivity index (χ3n) is 13.6. The zero-order valence-electron chi connectivity index (χ0n) is 43.9. The molecule has 0 aliphatic carbocycles. The molecule has 65 heavy (non-hydrogen) atoms. The van der Waals surface area contributed by atoms with Gasteiger partial charge in [0.05, 0.1) is 25.2 Å². The smallest absolute Gasteiger partial charge is 0.306 e. The minimum atomic E-state index is -0.787. The lowest BCUT2D eigenvalue weighted by molar-refractivity contribution is -0.151. The molecular formula is C59H113NO5. The van der Waals surface area contributed by atoms with Crippen LogP contribution in [0.5, 0.6) is 0 Å². The second-order valence-electron chi connectivity index (χ2n) is 20.1. The number of rotatable bonds is 53. The Morgan fingerprint density at radius 1 is 0.446 bits per heavy atom. The highest BCUT2D eigenvalue weighted by Gasteiger charge is 2.24. The number of aliphatic hydroxyl groups excluding tert-OH is 2. The summed E-state index contributed by atoms with van der Waals surface area (Å²) in [6, 6.07) is -0.700. The first kappa shape index (κ1) is 63.3. The second kappa shape index (κ2) is 53.3. The molecule has 3 unspecified atom stereocenters. The first-order chi connectivity index (χ1) is 32.0. The summed E-state index contributed by atoms with van der Waals surface area (Å²) in [5, 5.41) is 23.9. The van der Waals surface area contributed by atoms with E-state index < -0.39 is 18.2 Å². The molecule has 0 aliphatic rings. The fraction of sp³-hybridized carbons (Fsp3) is 0.898. The van der Waals surface area contributed by atoms with Crippen molar-refractivity contribution in [2.24, 2.45) is 0 Å². The van der Waals surface area contributed by atoms with E-state index in [9.17, 15) is 19.8 Å². The summed E-state index contributed by atoms with van der Waals surface area (Å²) >= 11 is 0. The topological polar surface area (TPSA) is 95.9 Å². The number of carbonyl (C=O) groups excluding carboxylic acids is 2. The predicted molar refractivity (Wildman–Crippen MR) is 283 cm³/mol. The highest BCUT2D eigenvalue weighted by Crippen LogP contribution is 2.19. The normalized spacial score (nSPS) is 13.2. The van der Waals surface area contributed by atoms with Crippen LogP contribution >= 0.6 is 0 Å². The van der Waals surface area contributed by atoms with Gasteiger partial charge in [0, 0.05) is 6.42 Å². The lowest BCUT2D eigenvalue weighted by atomic mass is 10.0. The van der Waals surface area contributed by atoms with Crippen LogP contribution in [0, 0.1) is 0 Å². The van der Waals surface area contributed by atoms with Gasteiger partial charge in [0.1, 0.15) is 6.10 Å². The van der Waals surface area contributed by atoms with Crippen molar-refractivity contribution in [3.8, 4) is 0 Å². The predicted octanol–water partition coefficient (Wildman–Crippen LogP) is 17.9. The summed E-state index contributed by atoms with van der Waals surface area (Å²) in [6.07, 6.45) is 62.4. The summed E-state index contributed by atoms with van der Waals surface area (Å²) in [5.41, 5.74) is 0. The number of hydrogen-bond acceptors (Lipinski definition) is 5. The molecule has 1 amide bonds. The lowest BCUT2D eigenvalue weighted by Crippen LogP contribution is -2.46. The van der Waals surface area contributed by atoms with Gasteiger partial charge in [0.25, 0.3) is 0 Å². The number of carbonyl (C=O) groups is 2. The largest absolute Gasteiger partial charge is 0.462 e. The van der Waals surface area contributed by atoms with Crippen molar-refractivity contribution in [3.63, 3.8) is 0 Å². The van der Waals surface area contributed by atoms with Crippen molar-refractivity contribution in [2.75, 3.05) is 6.61 Å². The van der Waals surface area contributed by atoms with Crippen molar-refractivity contribution in [2.45, 2.75) is 334 Å². The van der Waals surface area contributed by atoms with Crippen LogP contribution in [-0.4, -0.2) is 46.9 Å². The minimum absolute atomic E-state index is 0.0775. The molecule has 0 fully saturated rings. The highest BCUT2D eigenvalue weighted by molar-refractivity contribution is 5.77. The van der Waals surface area contributed by atoms with E-state index in [0.29, 0.717) is 19.3 Å².